The zero-order valence-corrected chi connectivity index (χ0v) is 16.6. The summed E-state index contributed by atoms with van der Waals surface area (Å²) in [5.74, 6) is -0.165. The zero-order chi connectivity index (χ0) is 19.3. The van der Waals surface area contributed by atoms with Gasteiger partial charge in [-0.05, 0) is 25.0 Å². The van der Waals surface area contributed by atoms with Gasteiger partial charge in [0.1, 0.15) is 0 Å². The smallest absolute Gasteiger partial charge is 0.227 e. The van der Waals surface area contributed by atoms with Crippen molar-refractivity contribution in [1.29, 1.82) is 0 Å². The van der Waals surface area contributed by atoms with E-state index in [-0.39, 0.29) is 23.8 Å². The number of benzene rings is 1. The molecule has 3 aliphatic rings. The number of nitrogens with zero attached hydrogens (tertiary/aromatic N) is 2. The van der Waals surface area contributed by atoms with Crippen LogP contribution in [0.4, 0.5) is 11.4 Å². The molecule has 0 bridgehead atoms. The topological polar surface area (TPSA) is 61.9 Å². The van der Waals surface area contributed by atoms with Crippen LogP contribution in [-0.2, 0) is 14.3 Å². The van der Waals surface area contributed by atoms with Crippen LogP contribution >= 0.6 is 0 Å². The molecule has 0 aromatic heterocycles. The SMILES string of the molecule is O=C(NC1CCCCCC1)C1CC(=O)N(c2ccccc2N2CCOCC2)C1. The number of hydrogen-bond acceptors (Lipinski definition) is 4. The summed E-state index contributed by atoms with van der Waals surface area (Å²) in [5.41, 5.74) is 1.98. The van der Waals surface area contributed by atoms with Crippen LogP contribution in [0.25, 0.3) is 0 Å². The molecule has 1 unspecified atom stereocenters. The molecular weight excluding hydrogens is 354 g/mol. The summed E-state index contributed by atoms with van der Waals surface area (Å²) in [4.78, 5) is 29.7. The predicted octanol–water partition coefficient (Wildman–Crippen LogP) is 2.72. The average molecular weight is 386 g/mol. The molecule has 6 heteroatoms. The fourth-order valence-corrected chi connectivity index (χ4v) is 4.62. The Morgan fingerprint density at radius 3 is 2.39 bits per heavy atom. The van der Waals surface area contributed by atoms with Crippen LogP contribution in [-0.4, -0.2) is 50.7 Å². The van der Waals surface area contributed by atoms with Crippen molar-refractivity contribution in [2.45, 2.75) is 51.0 Å². The van der Waals surface area contributed by atoms with Crippen LogP contribution in [0.1, 0.15) is 44.9 Å². The van der Waals surface area contributed by atoms with Crippen LogP contribution in [0.2, 0.25) is 0 Å². The van der Waals surface area contributed by atoms with Gasteiger partial charge in [-0.1, -0.05) is 37.8 Å². The van der Waals surface area contributed by atoms with E-state index in [9.17, 15) is 9.59 Å². The molecule has 1 aromatic rings. The maximum absolute atomic E-state index is 12.8. The second-order valence-electron chi connectivity index (χ2n) is 8.19. The van der Waals surface area contributed by atoms with Gasteiger partial charge in [0.25, 0.3) is 0 Å². The van der Waals surface area contributed by atoms with Crippen molar-refractivity contribution in [3.63, 3.8) is 0 Å². The number of morpholine rings is 1. The van der Waals surface area contributed by atoms with Gasteiger partial charge in [-0.3, -0.25) is 9.59 Å². The molecule has 0 radical (unpaired) electrons. The summed E-state index contributed by atoms with van der Waals surface area (Å²) < 4.78 is 5.46. The highest BCUT2D eigenvalue weighted by Crippen LogP contribution is 2.34. The number of ether oxygens (including phenoxy) is 1. The summed E-state index contributed by atoms with van der Waals surface area (Å²) >= 11 is 0. The molecular formula is C22H31N3O3. The van der Waals surface area contributed by atoms with Crippen LogP contribution in [0.15, 0.2) is 24.3 Å². The number of carbonyl (C=O) groups is 2. The first-order valence-electron chi connectivity index (χ1n) is 10.7. The molecule has 1 atom stereocenters. The quantitative estimate of drug-likeness (QED) is 0.810. The van der Waals surface area contributed by atoms with E-state index in [0.717, 1.165) is 37.3 Å². The minimum Gasteiger partial charge on any atom is -0.378 e. The Kier molecular flexibility index (Phi) is 6.15. The van der Waals surface area contributed by atoms with Crippen LogP contribution in [0.3, 0.4) is 0 Å². The van der Waals surface area contributed by atoms with Crippen molar-refractivity contribution in [2.24, 2.45) is 5.92 Å². The lowest BCUT2D eigenvalue weighted by Crippen LogP contribution is -2.40. The maximum atomic E-state index is 12.8. The molecule has 1 aliphatic carbocycles. The molecule has 1 N–H and O–H groups in total. The van der Waals surface area contributed by atoms with Crippen LogP contribution in [0.5, 0.6) is 0 Å². The van der Waals surface area contributed by atoms with E-state index >= 15 is 0 Å². The van der Waals surface area contributed by atoms with Gasteiger partial charge in [-0.15, -0.1) is 0 Å². The highest BCUT2D eigenvalue weighted by Gasteiger charge is 2.37. The Hall–Kier alpha value is -2.08. The van der Waals surface area contributed by atoms with Gasteiger partial charge in [0.05, 0.1) is 30.5 Å². The predicted molar refractivity (Wildman–Crippen MR) is 110 cm³/mol. The molecule has 0 spiro atoms. The lowest BCUT2D eigenvalue weighted by molar-refractivity contribution is -0.127. The summed E-state index contributed by atoms with van der Waals surface area (Å²) in [6.07, 6.45) is 7.34. The monoisotopic (exact) mass is 385 g/mol. The molecule has 1 saturated carbocycles. The lowest BCUT2D eigenvalue weighted by Gasteiger charge is -2.32. The summed E-state index contributed by atoms with van der Waals surface area (Å²) in [5, 5.41) is 3.23. The van der Waals surface area contributed by atoms with Gasteiger partial charge >= 0.3 is 0 Å². The molecule has 152 valence electrons. The number of nitrogens with one attached hydrogen (secondary N) is 1. The normalized spacial score (nSPS) is 24.3. The second kappa shape index (κ2) is 8.95. The fraction of sp³-hybridized carbons (Fsp3) is 0.636. The highest BCUT2D eigenvalue weighted by molar-refractivity contribution is 6.02. The van der Waals surface area contributed by atoms with Gasteiger partial charge in [0.15, 0.2) is 0 Å². The Balaban J connectivity index is 1.44. The number of carbonyl (C=O) groups excluding carboxylic acids is 2. The number of amides is 2. The first-order chi connectivity index (χ1) is 13.7. The number of para-hydroxylation sites is 2. The third kappa shape index (κ3) is 4.32. The van der Waals surface area contributed by atoms with E-state index in [0.29, 0.717) is 26.2 Å². The van der Waals surface area contributed by atoms with Crippen molar-refractivity contribution in [3.05, 3.63) is 24.3 Å². The lowest BCUT2D eigenvalue weighted by atomic mass is 10.0. The first-order valence-corrected chi connectivity index (χ1v) is 10.7. The number of rotatable bonds is 4. The largest absolute Gasteiger partial charge is 0.378 e. The Bertz CT molecular complexity index is 694. The van der Waals surface area contributed by atoms with Crippen LogP contribution in [0, 0.1) is 5.92 Å². The molecule has 2 amide bonds. The fourth-order valence-electron chi connectivity index (χ4n) is 4.62. The molecule has 2 saturated heterocycles. The molecule has 3 fully saturated rings. The third-order valence-electron chi connectivity index (χ3n) is 6.22. The van der Waals surface area contributed by atoms with Gasteiger partial charge in [-0.2, -0.15) is 0 Å². The van der Waals surface area contributed by atoms with Gasteiger partial charge < -0.3 is 19.9 Å². The average Bonchev–Trinajstić information content (AvgIpc) is 2.94. The molecule has 2 heterocycles. The summed E-state index contributed by atoms with van der Waals surface area (Å²) in [6, 6.07) is 8.30. The number of hydrogen-bond donors (Lipinski definition) is 1. The third-order valence-corrected chi connectivity index (χ3v) is 6.22. The van der Waals surface area contributed by atoms with Gasteiger partial charge in [0, 0.05) is 32.1 Å². The Morgan fingerprint density at radius 1 is 1.00 bits per heavy atom. The van der Waals surface area contributed by atoms with Gasteiger partial charge in [0.2, 0.25) is 11.8 Å². The standard InChI is InChI=1S/C22H31N3O3/c26-21-15-17(22(27)23-18-7-3-1-2-4-8-18)16-25(21)20-10-6-5-9-19(20)24-11-13-28-14-12-24/h5-6,9-10,17-18H,1-4,7-8,11-16H2,(H,23,27). The highest BCUT2D eigenvalue weighted by atomic mass is 16.5. The Labute approximate surface area is 167 Å². The molecule has 2 aliphatic heterocycles. The molecule has 28 heavy (non-hydrogen) atoms. The Morgan fingerprint density at radius 2 is 1.68 bits per heavy atom. The van der Waals surface area contributed by atoms with E-state index < -0.39 is 0 Å². The minimum atomic E-state index is -0.256. The van der Waals surface area contributed by atoms with Crippen LogP contribution < -0.4 is 15.1 Å². The van der Waals surface area contributed by atoms with Crippen molar-refractivity contribution < 1.29 is 14.3 Å². The minimum absolute atomic E-state index is 0.0433. The second-order valence-corrected chi connectivity index (χ2v) is 8.19. The van der Waals surface area contributed by atoms with E-state index in [4.69, 9.17) is 4.74 Å². The van der Waals surface area contributed by atoms with E-state index in [2.05, 4.69) is 16.3 Å². The van der Waals surface area contributed by atoms with E-state index in [1.165, 1.54) is 25.7 Å². The van der Waals surface area contributed by atoms with Crippen molar-refractivity contribution in [2.75, 3.05) is 42.6 Å². The van der Waals surface area contributed by atoms with Crippen molar-refractivity contribution in [1.82, 2.24) is 5.32 Å². The summed E-state index contributed by atoms with van der Waals surface area (Å²) in [6.45, 7) is 3.53. The first kappa shape index (κ1) is 19.2. The van der Waals surface area contributed by atoms with E-state index in [1.54, 1.807) is 0 Å². The van der Waals surface area contributed by atoms with Crippen molar-refractivity contribution in [3.8, 4) is 0 Å². The maximum Gasteiger partial charge on any atom is 0.227 e. The molecule has 6 nitrogen and oxygen atoms in total. The van der Waals surface area contributed by atoms with Gasteiger partial charge in [-0.25, -0.2) is 0 Å². The van der Waals surface area contributed by atoms with Crippen molar-refractivity contribution >= 4 is 23.2 Å². The molecule has 4 rings (SSSR count). The van der Waals surface area contributed by atoms with E-state index in [1.807, 2.05) is 23.1 Å². The zero-order valence-electron chi connectivity index (χ0n) is 16.6. The number of anilines is 2. The summed E-state index contributed by atoms with van der Waals surface area (Å²) in [7, 11) is 0. The molecule has 1 aromatic carbocycles.